The van der Waals surface area contributed by atoms with Crippen LogP contribution in [0.5, 0.6) is 0 Å². The summed E-state index contributed by atoms with van der Waals surface area (Å²) in [6.45, 7) is 0. The number of amides is 1. The number of hydrogen-bond donors (Lipinski definition) is 1. The zero-order valence-electron chi connectivity index (χ0n) is 11.9. The molecule has 0 bridgehead atoms. The normalized spacial score (nSPS) is 11.6. The third kappa shape index (κ3) is 5.22. The predicted octanol–water partition coefficient (Wildman–Crippen LogP) is 2.55. The molecule has 108 valence electrons. The van der Waals surface area contributed by atoms with Gasteiger partial charge in [0, 0.05) is 6.42 Å². The van der Waals surface area contributed by atoms with Crippen LogP contribution in [0.2, 0.25) is 0 Å². The van der Waals surface area contributed by atoms with Crippen LogP contribution in [-0.4, -0.2) is 18.2 Å². The van der Waals surface area contributed by atoms with Gasteiger partial charge in [0.2, 0.25) is 5.91 Å². The van der Waals surface area contributed by atoms with Gasteiger partial charge < -0.3 is 10.1 Å². The Morgan fingerprint density at radius 3 is 2.10 bits per heavy atom. The molecule has 0 heterocycles. The standard InChI is InChI=1S/C18H19NO2/c20-14-17(13-16-9-5-2-6-10-16)19-18(21)12-11-15-7-3-1-4-8-15/h1-10,14,17H,11-13H2,(H,19,21)/t17-/m0/s1. The van der Waals surface area contributed by atoms with E-state index in [0.29, 0.717) is 19.3 Å². The second-order valence-electron chi connectivity index (χ2n) is 4.99. The van der Waals surface area contributed by atoms with Crippen LogP contribution in [-0.2, 0) is 22.4 Å². The fraction of sp³-hybridized carbons (Fsp3) is 0.222. The largest absolute Gasteiger partial charge is 0.346 e. The highest BCUT2D eigenvalue weighted by Gasteiger charge is 2.11. The van der Waals surface area contributed by atoms with Gasteiger partial charge in [-0.15, -0.1) is 0 Å². The first-order valence-electron chi connectivity index (χ1n) is 7.10. The predicted molar refractivity (Wildman–Crippen MR) is 82.9 cm³/mol. The van der Waals surface area contributed by atoms with Crippen molar-refractivity contribution in [3.63, 3.8) is 0 Å². The Bertz CT molecular complexity index is 566. The summed E-state index contributed by atoms with van der Waals surface area (Å²) in [4.78, 5) is 23.0. The van der Waals surface area contributed by atoms with Gasteiger partial charge in [-0.2, -0.15) is 0 Å². The molecule has 0 aliphatic carbocycles. The summed E-state index contributed by atoms with van der Waals surface area (Å²) in [5.41, 5.74) is 2.16. The van der Waals surface area contributed by atoms with Crippen LogP contribution in [0.25, 0.3) is 0 Å². The first-order chi connectivity index (χ1) is 10.3. The molecule has 0 unspecified atom stereocenters. The van der Waals surface area contributed by atoms with E-state index in [-0.39, 0.29) is 5.91 Å². The molecule has 1 N–H and O–H groups in total. The number of hydrogen-bond acceptors (Lipinski definition) is 2. The van der Waals surface area contributed by atoms with Gasteiger partial charge in [0.1, 0.15) is 6.29 Å². The average molecular weight is 281 g/mol. The maximum absolute atomic E-state index is 11.9. The van der Waals surface area contributed by atoms with Gasteiger partial charge in [0.15, 0.2) is 0 Å². The summed E-state index contributed by atoms with van der Waals surface area (Å²) < 4.78 is 0. The van der Waals surface area contributed by atoms with Crippen molar-refractivity contribution in [1.82, 2.24) is 5.32 Å². The Hall–Kier alpha value is -2.42. The van der Waals surface area contributed by atoms with Gasteiger partial charge in [-0.25, -0.2) is 0 Å². The minimum atomic E-state index is -0.462. The smallest absolute Gasteiger partial charge is 0.220 e. The lowest BCUT2D eigenvalue weighted by atomic mass is 10.1. The van der Waals surface area contributed by atoms with Gasteiger partial charge in [-0.05, 0) is 24.0 Å². The van der Waals surface area contributed by atoms with Gasteiger partial charge in [0.05, 0.1) is 6.04 Å². The highest BCUT2D eigenvalue weighted by molar-refractivity contribution is 5.79. The van der Waals surface area contributed by atoms with E-state index < -0.39 is 6.04 Å². The average Bonchev–Trinajstić information content (AvgIpc) is 2.54. The Labute approximate surface area is 125 Å². The lowest BCUT2D eigenvalue weighted by Gasteiger charge is -2.13. The molecular formula is C18H19NO2. The maximum atomic E-state index is 11.9. The Morgan fingerprint density at radius 1 is 0.952 bits per heavy atom. The van der Waals surface area contributed by atoms with E-state index in [9.17, 15) is 9.59 Å². The van der Waals surface area contributed by atoms with Crippen molar-refractivity contribution in [1.29, 1.82) is 0 Å². The van der Waals surface area contributed by atoms with E-state index in [0.717, 1.165) is 17.4 Å². The zero-order chi connectivity index (χ0) is 14.9. The molecule has 2 aromatic rings. The zero-order valence-corrected chi connectivity index (χ0v) is 11.9. The summed E-state index contributed by atoms with van der Waals surface area (Å²) in [7, 11) is 0. The number of rotatable bonds is 7. The molecule has 0 spiro atoms. The van der Waals surface area contributed by atoms with Gasteiger partial charge in [0.25, 0.3) is 0 Å². The number of nitrogens with one attached hydrogen (secondary N) is 1. The second kappa shape index (κ2) is 8.00. The molecular weight excluding hydrogens is 262 g/mol. The van der Waals surface area contributed by atoms with Crippen LogP contribution in [0.4, 0.5) is 0 Å². The van der Waals surface area contributed by atoms with Crippen LogP contribution in [0.15, 0.2) is 60.7 Å². The van der Waals surface area contributed by atoms with Crippen LogP contribution in [0, 0.1) is 0 Å². The fourth-order valence-corrected chi connectivity index (χ4v) is 2.18. The molecule has 0 fully saturated rings. The minimum Gasteiger partial charge on any atom is -0.346 e. The van der Waals surface area contributed by atoms with Crippen molar-refractivity contribution in [3.05, 3.63) is 71.8 Å². The molecule has 0 aliphatic heterocycles. The summed E-state index contributed by atoms with van der Waals surface area (Å²) in [6.07, 6.45) is 2.40. The van der Waals surface area contributed by atoms with Crippen molar-refractivity contribution in [2.45, 2.75) is 25.3 Å². The van der Waals surface area contributed by atoms with Gasteiger partial charge in [-0.3, -0.25) is 4.79 Å². The summed E-state index contributed by atoms with van der Waals surface area (Å²) in [5, 5.41) is 2.78. The van der Waals surface area contributed by atoms with Crippen molar-refractivity contribution in [2.75, 3.05) is 0 Å². The van der Waals surface area contributed by atoms with Gasteiger partial charge >= 0.3 is 0 Å². The maximum Gasteiger partial charge on any atom is 0.220 e. The van der Waals surface area contributed by atoms with E-state index >= 15 is 0 Å². The molecule has 1 amide bonds. The van der Waals surface area contributed by atoms with Crippen LogP contribution < -0.4 is 5.32 Å². The Balaban J connectivity index is 1.81. The lowest BCUT2D eigenvalue weighted by molar-refractivity contribution is -0.124. The Morgan fingerprint density at radius 2 is 1.52 bits per heavy atom. The second-order valence-corrected chi connectivity index (χ2v) is 4.99. The summed E-state index contributed by atoms with van der Waals surface area (Å²) in [6, 6.07) is 19.1. The molecule has 3 nitrogen and oxygen atoms in total. The molecule has 1 atom stereocenters. The van der Waals surface area contributed by atoms with Gasteiger partial charge in [-0.1, -0.05) is 60.7 Å². The molecule has 0 radical (unpaired) electrons. The number of benzene rings is 2. The van der Waals surface area contributed by atoms with E-state index in [1.807, 2.05) is 60.7 Å². The van der Waals surface area contributed by atoms with E-state index in [2.05, 4.69) is 5.32 Å². The molecule has 0 saturated carbocycles. The van der Waals surface area contributed by atoms with Crippen LogP contribution in [0.3, 0.4) is 0 Å². The number of carbonyl (C=O) groups excluding carboxylic acids is 2. The number of aryl methyl sites for hydroxylation is 1. The third-order valence-electron chi connectivity index (χ3n) is 3.29. The van der Waals surface area contributed by atoms with E-state index in [1.54, 1.807) is 0 Å². The first-order valence-corrected chi connectivity index (χ1v) is 7.10. The lowest BCUT2D eigenvalue weighted by Crippen LogP contribution is -2.37. The van der Waals surface area contributed by atoms with Crippen molar-refractivity contribution in [3.8, 4) is 0 Å². The molecule has 2 aromatic carbocycles. The first kappa shape index (κ1) is 15.0. The fourth-order valence-electron chi connectivity index (χ4n) is 2.18. The molecule has 0 aromatic heterocycles. The topological polar surface area (TPSA) is 46.2 Å². The molecule has 0 aliphatic rings. The van der Waals surface area contributed by atoms with Crippen molar-refractivity contribution >= 4 is 12.2 Å². The van der Waals surface area contributed by atoms with Crippen molar-refractivity contribution < 1.29 is 9.59 Å². The van der Waals surface area contributed by atoms with E-state index in [4.69, 9.17) is 0 Å². The monoisotopic (exact) mass is 281 g/mol. The van der Waals surface area contributed by atoms with Crippen LogP contribution >= 0.6 is 0 Å². The SMILES string of the molecule is O=C[C@H](Cc1ccccc1)NC(=O)CCc1ccccc1. The summed E-state index contributed by atoms with van der Waals surface area (Å²) in [5.74, 6) is -0.0908. The third-order valence-corrected chi connectivity index (χ3v) is 3.29. The van der Waals surface area contributed by atoms with Crippen molar-refractivity contribution in [2.24, 2.45) is 0 Å². The number of aldehydes is 1. The Kier molecular flexibility index (Phi) is 5.71. The highest BCUT2D eigenvalue weighted by Crippen LogP contribution is 2.04. The molecule has 21 heavy (non-hydrogen) atoms. The highest BCUT2D eigenvalue weighted by atomic mass is 16.2. The van der Waals surface area contributed by atoms with Crippen LogP contribution in [0.1, 0.15) is 17.5 Å². The molecule has 2 rings (SSSR count). The molecule has 0 saturated heterocycles. The quantitative estimate of drug-likeness (QED) is 0.793. The molecule has 3 heteroatoms. The minimum absolute atomic E-state index is 0.0908. The van der Waals surface area contributed by atoms with E-state index in [1.165, 1.54) is 0 Å². The number of carbonyl (C=O) groups is 2. The summed E-state index contributed by atoms with van der Waals surface area (Å²) >= 11 is 0.